The van der Waals surface area contributed by atoms with Crippen molar-refractivity contribution < 1.29 is 18.7 Å². The maximum Gasteiger partial charge on any atom is 0.338 e. The number of halogens is 2. The second-order valence-corrected chi connectivity index (χ2v) is 11.8. The fourth-order valence-corrected chi connectivity index (χ4v) is 6.55. The summed E-state index contributed by atoms with van der Waals surface area (Å²) in [7, 11) is 0. The number of rotatable bonds is 8. The SMILES string of the molecule is CCOC(=O)C1=C(c2ccccc2)N=c2s/c(=C\c3ccc(OCc4ccccc4F)c(Br)c3)c(=O)n2[C@@H]1c1ccccc1. The topological polar surface area (TPSA) is 69.9 Å². The molecule has 0 fully saturated rings. The van der Waals surface area contributed by atoms with Gasteiger partial charge in [-0.05, 0) is 58.3 Å². The van der Waals surface area contributed by atoms with Gasteiger partial charge in [0.15, 0.2) is 4.80 Å². The standard InChI is InChI=1S/C35H26BrFN2O4S/c1-2-42-34(41)30-31(23-11-5-3-6-12-23)38-35-39(32(30)24-13-7-4-8-14-24)33(40)29(44-35)20-22-17-18-28(26(36)19-22)43-21-25-15-9-10-16-27(25)37/h3-20,32H,2,21H2,1H3/b29-20-/t32-/m1/s1. The van der Waals surface area contributed by atoms with Crippen LogP contribution in [0.15, 0.2) is 123 Å². The zero-order valence-corrected chi connectivity index (χ0v) is 26.0. The van der Waals surface area contributed by atoms with Gasteiger partial charge in [0, 0.05) is 11.1 Å². The van der Waals surface area contributed by atoms with Gasteiger partial charge in [-0.15, -0.1) is 0 Å². The van der Waals surface area contributed by atoms with Gasteiger partial charge in [-0.25, -0.2) is 14.2 Å². The van der Waals surface area contributed by atoms with Gasteiger partial charge in [0.1, 0.15) is 18.2 Å². The lowest BCUT2D eigenvalue weighted by molar-refractivity contribution is -0.138. The van der Waals surface area contributed by atoms with Crippen LogP contribution in [0.25, 0.3) is 11.8 Å². The molecule has 0 amide bonds. The minimum absolute atomic E-state index is 0.0786. The van der Waals surface area contributed by atoms with Gasteiger partial charge in [-0.3, -0.25) is 9.36 Å². The lowest BCUT2D eigenvalue weighted by Crippen LogP contribution is -2.39. The van der Waals surface area contributed by atoms with Crippen molar-refractivity contribution in [3.63, 3.8) is 0 Å². The highest BCUT2D eigenvalue weighted by Crippen LogP contribution is 2.35. The van der Waals surface area contributed by atoms with E-state index in [1.807, 2.05) is 72.8 Å². The average Bonchev–Trinajstić information content (AvgIpc) is 3.35. The number of benzene rings is 4. The van der Waals surface area contributed by atoms with Crippen LogP contribution in [0, 0.1) is 5.82 Å². The van der Waals surface area contributed by atoms with Crippen LogP contribution in [0.1, 0.15) is 35.2 Å². The first-order valence-corrected chi connectivity index (χ1v) is 15.5. The van der Waals surface area contributed by atoms with E-state index in [1.165, 1.54) is 17.4 Å². The first kappa shape index (κ1) is 29.5. The predicted octanol–water partition coefficient (Wildman–Crippen LogP) is 6.42. The highest BCUT2D eigenvalue weighted by Gasteiger charge is 2.35. The van der Waals surface area contributed by atoms with Crippen LogP contribution in [-0.4, -0.2) is 17.1 Å². The van der Waals surface area contributed by atoms with E-state index < -0.39 is 12.0 Å². The number of hydrogen-bond donors (Lipinski definition) is 0. The Labute approximate surface area is 265 Å². The average molecular weight is 670 g/mol. The predicted molar refractivity (Wildman–Crippen MR) is 172 cm³/mol. The lowest BCUT2D eigenvalue weighted by atomic mass is 9.93. The lowest BCUT2D eigenvalue weighted by Gasteiger charge is -2.25. The second-order valence-electron chi connectivity index (χ2n) is 9.91. The third-order valence-corrected chi connectivity index (χ3v) is 8.69. The molecular formula is C35H26BrFN2O4S. The number of esters is 1. The largest absolute Gasteiger partial charge is 0.488 e. The van der Waals surface area contributed by atoms with Crippen LogP contribution < -0.4 is 19.6 Å². The van der Waals surface area contributed by atoms with Gasteiger partial charge < -0.3 is 9.47 Å². The molecule has 0 aliphatic carbocycles. The van der Waals surface area contributed by atoms with Gasteiger partial charge in [-0.1, -0.05) is 96.3 Å². The number of ether oxygens (including phenoxy) is 2. The number of thiazole rings is 1. The van der Waals surface area contributed by atoms with Crippen LogP contribution in [0.5, 0.6) is 5.75 Å². The van der Waals surface area contributed by atoms with E-state index in [0.29, 0.717) is 36.4 Å². The number of hydrogen-bond acceptors (Lipinski definition) is 6. The molecule has 1 aliphatic rings. The molecule has 2 heterocycles. The van der Waals surface area contributed by atoms with Gasteiger partial charge in [-0.2, -0.15) is 0 Å². The third-order valence-electron chi connectivity index (χ3n) is 7.08. The van der Waals surface area contributed by atoms with Crippen LogP contribution in [0.4, 0.5) is 4.39 Å². The molecule has 6 nitrogen and oxygen atoms in total. The molecule has 0 spiro atoms. The Kier molecular flexibility index (Phi) is 8.67. The molecule has 5 aromatic rings. The van der Waals surface area contributed by atoms with Crippen molar-refractivity contribution in [2.24, 2.45) is 4.99 Å². The second kappa shape index (κ2) is 13.0. The summed E-state index contributed by atoms with van der Waals surface area (Å²) in [5.41, 5.74) is 3.24. The molecule has 0 N–H and O–H groups in total. The maximum atomic E-state index is 14.0. The van der Waals surface area contributed by atoms with Gasteiger partial charge in [0.05, 0.1) is 32.9 Å². The summed E-state index contributed by atoms with van der Waals surface area (Å²) in [6, 6.07) is 30.1. The Morgan fingerprint density at radius 3 is 2.41 bits per heavy atom. The zero-order valence-electron chi connectivity index (χ0n) is 23.6. The quantitative estimate of drug-likeness (QED) is 0.179. The molecule has 0 radical (unpaired) electrons. The smallest absolute Gasteiger partial charge is 0.338 e. The summed E-state index contributed by atoms with van der Waals surface area (Å²) in [4.78, 5) is 32.9. The number of fused-ring (bicyclic) bond motifs is 1. The maximum absolute atomic E-state index is 14.0. The molecule has 220 valence electrons. The number of nitrogens with zero attached hydrogens (tertiary/aromatic N) is 2. The van der Waals surface area contributed by atoms with Crippen LogP contribution in [-0.2, 0) is 16.1 Å². The minimum Gasteiger partial charge on any atom is -0.488 e. The van der Waals surface area contributed by atoms with Crippen molar-refractivity contribution in [2.45, 2.75) is 19.6 Å². The van der Waals surface area contributed by atoms with E-state index >= 15 is 0 Å². The van der Waals surface area contributed by atoms with Crippen molar-refractivity contribution >= 4 is 45.0 Å². The van der Waals surface area contributed by atoms with E-state index in [0.717, 1.165) is 16.7 Å². The van der Waals surface area contributed by atoms with E-state index in [9.17, 15) is 14.0 Å². The number of carbonyl (C=O) groups is 1. The monoisotopic (exact) mass is 668 g/mol. The molecule has 4 aromatic carbocycles. The summed E-state index contributed by atoms with van der Waals surface area (Å²) in [6.07, 6.45) is 1.79. The molecule has 0 bridgehead atoms. The van der Waals surface area contributed by atoms with Gasteiger partial charge in [0.2, 0.25) is 0 Å². The van der Waals surface area contributed by atoms with Crippen molar-refractivity contribution in [1.29, 1.82) is 0 Å². The van der Waals surface area contributed by atoms with E-state index in [-0.39, 0.29) is 24.6 Å². The Morgan fingerprint density at radius 2 is 1.70 bits per heavy atom. The Hall–Kier alpha value is -4.60. The van der Waals surface area contributed by atoms with Crippen molar-refractivity contribution in [3.05, 3.63) is 161 Å². The molecule has 0 saturated carbocycles. The number of carbonyl (C=O) groups excluding carboxylic acids is 1. The molecule has 9 heteroatoms. The Balaban J connectivity index is 1.45. The molecule has 1 aliphatic heterocycles. The normalized spacial score (nSPS) is 14.6. The first-order chi connectivity index (χ1) is 21.4. The molecule has 44 heavy (non-hydrogen) atoms. The van der Waals surface area contributed by atoms with Crippen LogP contribution in [0.3, 0.4) is 0 Å². The third kappa shape index (κ3) is 5.93. The highest BCUT2D eigenvalue weighted by molar-refractivity contribution is 9.10. The summed E-state index contributed by atoms with van der Waals surface area (Å²) in [6.45, 7) is 2.02. The Bertz CT molecular complexity index is 2060. The van der Waals surface area contributed by atoms with E-state index in [1.54, 1.807) is 41.8 Å². The fourth-order valence-electron chi connectivity index (χ4n) is 5.04. The zero-order chi connectivity index (χ0) is 30.6. The van der Waals surface area contributed by atoms with Gasteiger partial charge >= 0.3 is 5.97 Å². The molecular weight excluding hydrogens is 643 g/mol. The highest BCUT2D eigenvalue weighted by atomic mass is 79.9. The molecule has 0 saturated heterocycles. The van der Waals surface area contributed by atoms with Crippen LogP contribution in [0.2, 0.25) is 0 Å². The summed E-state index contributed by atoms with van der Waals surface area (Å²) in [5, 5.41) is 0. The summed E-state index contributed by atoms with van der Waals surface area (Å²) in [5.74, 6) is -0.304. The molecule has 1 atom stereocenters. The Morgan fingerprint density at radius 1 is 1.00 bits per heavy atom. The van der Waals surface area contributed by atoms with Crippen molar-refractivity contribution in [2.75, 3.05) is 6.61 Å². The first-order valence-electron chi connectivity index (χ1n) is 13.9. The van der Waals surface area contributed by atoms with Gasteiger partial charge in [0.25, 0.3) is 5.56 Å². The van der Waals surface area contributed by atoms with Crippen molar-refractivity contribution in [3.8, 4) is 5.75 Å². The van der Waals surface area contributed by atoms with E-state index in [4.69, 9.17) is 14.5 Å². The van der Waals surface area contributed by atoms with Crippen LogP contribution >= 0.6 is 27.3 Å². The summed E-state index contributed by atoms with van der Waals surface area (Å²) < 4.78 is 28.1. The number of aromatic nitrogens is 1. The van der Waals surface area contributed by atoms with E-state index in [2.05, 4.69) is 15.9 Å². The van der Waals surface area contributed by atoms with Crippen molar-refractivity contribution in [1.82, 2.24) is 4.57 Å². The molecule has 1 aromatic heterocycles. The molecule has 0 unspecified atom stereocenters. The minimum atomic E-state index is -0.732. The molecule has 6 rings (SSSR count). The fraction of sp³-hybridized carbons (Fsp3) is 0.114. The summed E-state index contributed by atoms with van der Waals surface area (Å²) >= 11 is 4.80.